The van der Waals surface area contributed by atoms with Crippen LogP contribution in [-0.4, -0.2) is 17.8 Å². The number of aliphatic hydroxyl groups is 1. The van der Waals surface area contributed by atoms with E-state index in [4.69, 9.17) is 16.3 Å². The lowest BCUT2D eigenvalue weighted by atomic mass is 10.0. The van der Waals surface area contributed by atoms with E-state index in [1.54, 1.807) is 6.92 Å². The smallest absolute Gasteiger partial charge is 0.142 e. The molecule has 0 unspecified atom stereocenters. The molecule has 0 radical (unpaired) electrons. The summed E-state index contributed by atoms with van der Waals surface area (Å²) < 4.78 is 18.7. The van der Waals surface area contributed by atoms with Crippen molar-refractivity contribution in [3.05, 3.63) is 28.0 Å². The van der Waals surface area contributed by atoms with Crippen LogP contribution in [0, 0.1) is 12.7 Å². The predicted molar refractivity (Wildman–Crippen MR) is 60.6 cm³/mol. The molecule has 0 bridgehead atoms. The fourth-order valence-corrected chi connectivity index (χ4v) is 2.10. The second-order valence-electron chi connectivity index (χ2n) is 4.40. The molecule has 1 saturated carbocycles. The number of rotatable bonds is 3. The Balaban J connectivity index is 2.47. The standard InChI is InChI=1S/C12H14ClFO2/c1-7-5-9(14)10(13)8(11(7)16-2)6-12(15)3-4-12/h5,15H,3-4,6H2,1-2H3. The van der Waals surface area contributed by atoms with Gasteiger partial charge < -0.3 is 9.84 Å². The van der Waals surface area contributed by atoms with Gasteiger partial charge in [-0.25, -0.2) is 4.39 Å². The molecule has 0 aliphatic heterocycles. The first kappa shape index (κ1) is 11.7. The lowest BCUT2D eigenvalue weighted by Gasteiger charge is -2.16. The van der Waals surface area contributed by atoms with Gasteiger partial charge in [0.15, 0.2) is 0 Å². The molecule has 1 aromatic carbocycles. The first-order valence-electron chi connectivity index (χ1n) is 5.21. The first-order chi connectivity index (χ1) is 7.47. The van der Waals surface area contributed by atoms with E-state index < -0.39 is 11.4 Å². The van der Waals surface area contributed by atoms with Crippen molar-refractivity contribution in [2.75, 3.05) is 7.11 Å². The van der Waals surface area contributed by atoms with E-state index in [1.807, 2.05) is 0 Å². The summed E-state index contributed by atoms with van der Waals surface area (Å²) in [5.74, 6) is 0.117. The Morgan fingerprint density at radius 2 is 2.19 bits per heavy atom. The Kier molecular flexibility index (Phi) is 2.84. The van der Waals surface area contributed by atoms with Gasteiger partial charge in [0.2, 0.25) is 0 Å². The minimum absolute atomic E-state index is 0.0581. The van der Waals surface area contributed by atoms with Crippen molar-refractivity contribution in [2.24, 2.45) is 0 Å². The van der Waals surface area contributed by atoms with Crippen LogP contribution >= 0.6 is 11.6 Å². The summed E-state index contributed by atoms with van der Waals surface area (Å²) >= 11 is 5.92. The van der Waals surface area contributed by atoms with Crippen LogP contribution in [0.2, 0.25) is 5.02 Å². The molecule has 0 atom stereocenters. The molecule has 1 N–H and O–H groups in total. The van der Waals surface area contributed by atoms with Crippen LogP contribution in [-0.2, 0) is 6.42 Å². The monoisotopic (exact) mass is 244 g/mol. The molecule has 2 rings (SSSR count). The third-order valence-corrected chi connectivity index (χ3v) is 3.40. The number of benzene rings is 1. The van der Waals surface area contributed by atoms with Gasteiger partial charge in [0.05, 0.1) is 17.7 Å². The number of ether oxygens (including phenoxy) is 1. The second kappa shape index (κ2) is 3.90. The van der Waals surface area contributed by atoms with Gasteiger partial charge >= 0.3 is 0 Å². The van der Waals surface area contributed by atoms with Gasteiger partial charge in [0, 0.05) is 12.0 Å². The molecule has 0 spiro atoms. The van der Waals surface area contributed by atoms with Gasteiger partial charge in [-0.05, 0) is 31.4 Å². The molecular weight excluding hydrogens is 231 g/mol. The zero-order valence-corrected chi connectivity index (χ0v) is 10.1. The summed E-state index contributed by atoms with van der Waals surface area (Å²) in [6, 6.07) is 1.35. The average Bonchev–Trinajstić information content (AvgIpc) is 2.93. The van der Waals surface area contributed by atoms with Crippen LogP contribution in [0.4, 0.5) is 4.39 Å². The number of hydrogen-bond acceptors (Lipinski definition) is 2. The molecular formula is C12H14ClFO2. The van der Waals surface area contributed by atoms with E-state index in [-0.39, 0.29) is 5.02 Å². The highest BCUT2D eigenvalue weighted by molar-refractivity contribution is 6.31. The molecule has 1 aromatic rings. The second-order valence-corrected chi connectivity index (χ2v) is 4.78. The van der Waals surface area contributed by atoms with E-state index in [0.29, 0.717) is 23.3 Å². The van der Waals surface area contributed by atoms with Gasteiger partial charge in [-0.3, -0.25) is 0 Å². The fraction of sp³-hybridized carbons (Fsp3) is 0.500. The number of methoxy groups -OCH3 is 1. The van der Waals surface area contributed by atoms with E-state index in [9.17, 15) is 9.50 Å². The molecule has 1 fully saturated rings. The van der Waals surface area contributed by atoms with Crippen LogP contribution < -0.4 is 4.74 Å². The molecule has 4 heteroatoms. The summed E-state index contributed by atoms with van der Waals surface area (Å²) in [6.07, 6.45) is 1.83. The van der Waals surface area contributed by atoms with Crippen molar-refractivity contribution in [2.45, 2.75) is 31.8 Å². The van der Waals surface area contributed by atoms with Gasteiger partial charge in [0.25, 0.3) is 0 Å². The van der Waals surface area contributed by atoms with Crippen LogP contribution in [0.5, 0.6) is 5.75 Å². The molecule has 1 aliphatic rings. The van der Waals surface area contributed by atoms with Gasteiger partial charge in [0.1, 0.15) is 11.6 Å². The highest BCUT2D eigenvalue weighted by atomic mass is 35.5. The van der Waals surface area contributed by atoms with Crippen molar-refractivity contribution in [1.29, 1.82) is 0 Å². The summed E-state index contributed by atoms with van der Waals surface area (Å²) in [6.45, 7) is 1.76. The molecule has 88 valence electrons. The third kappa shape index (κ3) is 2.02. The minimum atomic E-state index is -0.711. The highest BCUT2D eigenvalue weighted by Gasteiger charge is 2.41. The van der Waals surface area contributed by atoms with Crippen LogP contribution in [0.1, 0.15) is 24.0 Å². The summed E-state index contributed by atoms with van der Waals surface area (Å²) in [5, 5.41) is 9.93. The maximum atomic E-state index is 13.5. The van der Waals surface area contributed by atoms with Crippen LogP contribution in [0.25, 0.3) is 0 Å². The fourth-order valence-electron chi connectivity index (χ4n) is 1.89. The van der Waals surface area contributed by atoms with E-state index in [0.717, 1.165) is 12.8 Å². The summed E-state index contributed by atoms with van der Waals surface area (Å²) in [4.78, 5) is 0. The SMILES string of the molecule is COc1c(C)cc(F)c(Cl)c1CC1(O)CC1. The van der Waals surface area contributed by atoms with E-state index in [2.05, 4.69) is 0 Å². The summed E-state index contributed by atoms with van der Waals surface area (Å²) in [7, 11) is 1.52. The van der Waals surface area contributed by atoms with Crippen molar-refractivity contribution in [1.82, 2.24) is 0 Å². The third-order valence-electron chi connectivity index (χ3n) is 2.99. The van der Waals surface area contributed by atoms with Gasteiger partial charge in [-0.1, -0.05) is 11.6 Å². The van der Waals surface area contributed by atoms with Gasteiger partial charge in [-0.2, -0.15) is 0 Å². The lowest BCUT2D eigenvalue weighted by Crippen LogP contribution is -2.13. The maximum absolute atomic E-state index is 13.5. The van der Waals surface area contributed by atoms with Crippen LogP contribution in [0.15, 0.2) is 6.07 Å². The first-order valence-corrected chi connectivity index (χ1v) is 5.58. The van der Waals surface area contributed by atoms with Crippen LogP contribution in [0.3, 0.4) is 0 Å². The summed E-state index contributed by atoms with van der Waals surface area (Å²) in [5.41, 5.74) is 0.558. The number of hydrogen-bond donors (Lipinski definition) is 1. The van der Waals surface area contributed by atoms with E-state index >= 15 is 0 Å². The highest BCUT2D eigenvalue weighted by Crippen LogP contribution is 2.43. The lowest BCUT2D eigenvalue weighted by molar-refractivity contribution is 0.150. The quantitative estimate of drug-likeness (QED) is 0.886. The molecule has 0 amide bonds. The zero-order valence-electron chi connectivity index (χ0n) is 9.31. The van der Waals surface area contributed by atoms with Crippen molar-refractivity contribution in [3.8, 4) is 5.75 Å². The van der Waals surface area contributed by atoms with Crippen molar-refractivity contribution >= 4 is 11.6 Å². The van der Waals surface area contributed by atoms with Crippen molar-refractivity contribution < 1.29 is 14.2 Å². The topological polar surface area (TPSA) is 29.5 Å². The predicted octanol–water partition coefficient (Wildman–Crippen LogP) is 2.86. The Hall–Kier alpha value is -0.800. The molecule has 0 aromatic heterocycles. The number of aryl methyl sites for hydroxylation is 1. The molecule has 16 heavy (non-hydrogen) atoms. The largest absolute Gasteiger partial charge is 0.496 e. The Morgan fingerprint density at radius 1 is 1.56 bits per heavy atom. The Morgan fingerprint density at radius 3 is 2.69 bits per heavy atom. The molecule has 0 saturated heterocycles. The zero-order chi connectivity index (χ0) is 11.9. The number of halogens is 2. The molecule has 2 nitrogen and oxygen atoms in total. The average molecular weight is 245 g/mol. The Bertz CT molecular complexity index is 428. The van der Waals surface area contributed by atoms with E-state index in [1.165, 1.54) is 13.2 Å². The minimum Gasteiger partial charge on any atom is -0.496 e. The van der Waals surface area contributed by atoms with Gasteiger partial charge in [-0.15, -0.1) is 0 Å². The molecule has 1 aliphatic carbocycles. The van der Waals surface area contributed by atoms with Crippen molar-refractivity contribution in [3.63, 3.8) is 0 Å². The normalized spacial score (nSPS) is 17.3. The Labute approximate surface area is 99.0 Å². The maximum Gasteiger partial charge on any atom is 0.142 e. The molecule has 0 heterocycles.